The number of amides is 1. The van der Waals surface area contributed by atoms with Crippen molar-refractivity contribution in [2.24, 2.45) is 5.92 Å². The summed E-state index contributed by atoms with van der Waals surface area (Å²) in [5, 5.41) is 1.30. The van der Waals surface area contributed by atoms with E-state index in [9.17, 15) is 13.2 Å². The van der Waals surface area contributed by atoms with Gasteiger partial charge in [0.05, 0.1) is 17.0 Å². The zero-order valence-corrected chi connectivity index (χ0v) is 17.6. The number of hydrogen-bond donors (Lipinski definition) is 0. The van der Waals surface area contributed by atoms with Gasteiger partial charge in [-0.1, -0.05) is 17.7 Å². The fourth-order valence-electron chi connectivity index (χ4n) is 4.63. The Morgan fingerprint density at radius 1 is 1.14 bits per heavy atom. The third kappa shape index (κ3) is 3.31. The minimum atomic E-state index is -3.63. The van der Waals surface area contributed by atoms with Crippen LogP contribution in [0.15, 0.2) is 29.2 Å². The normalized spacial score (nSPS) is 30.4. The maximum Gasteiger partial charge on any atom is 0.434 e. The summed E-state index contributed by atoms with van der Waals surface area (Å²) in [5.41, 5.74) is 0.374. The Balaban J connectivity index is 1.63. The van der Waals surface area contributed by atoms with Crippen LogP contribution in [0.5, 0.6) is 0 Å². The Hall–Kier alpha value is -1.64. The highest BCUT2D eigenvalue weighted by Gasteiger charge is 2.60. The molecule has 2 aliphatic heterocycles. The van der Waals surface area contributed by atoms with E-state index in [2.05, 4.69) is 0 Å². The van der Waals surface area contributed by atoms with Crippen molar-refractivity contribution in [2.75, 3.05) is 6.54 Å². The first kappa shape index (κ1) is 19.7. The first-order valence-electron chi connectivity index (χ1n) is 9.85. The zero-order valence-electron chi connectivity index (χ0n) is 16.8. The molecule has 2 saturated heterocycles. The summed E-state index contributed by atoms with van der Waals surface area (Å²) in [4.78, 5) is 18.9. The number of sulfonamides is 1. The molecule has 8 heteroatoms. The molecule has 0 N–H and O–H groups in total. The highest BCUT2D eigenvalue weighted by molar-refractivity contribution is 7.89. The summed E-state index contributed by atoms with van der Waals surface area (Å²) < 4.78 is 33.7. The summed E-state index contributed by atoms with van der Waals surface area (Å²) in [6, 6.07) is 6.46. The third-order valence-electron chi connectivity index (χ3n) is 5.79. The van der Waals surface area contributed by atoms with Gasteiger partial charge in [0, 0.05) is 18.5 Å². The average molecular weight is 409 g/mol. The fourth-order valence-corrected chi connectivity index (χ4v) is 6.33. The van der Waals surface area contributed by atoms with Gasteiger partial charge < -0.3 is 4.74 Å². The van der Waals surface area contributed by atoms with Crippen molar-refractivity contribution < 1.29 is 22.8 Å². The van der Waals surface area contributed by atoms with E-state index in [0.29, 0.717) is 4.90 Å². The Bertz CT molecular complexity index is 862. The molecule has 3 aliphatic rings. The maximum atomic E-state index is 13.3. The van der Waals surface area contributed by atoms with E-state index in [1.807, 2.05) is 19.1 Å². The van der Waals surface area contributed by atoms with Crippen molar-refractivity contribution in [3.8, 4) is 0 Å². The topological polar surface area (TPSA) is 76.2 Å². The molecule has 1 amide bonds. The Morgan fingerprint density at radius 3 is 2.46 bits per heavy atom. The molecule has 0 aromatic heterocycles. The molecule has 2 heterocycles. The lowest BCUT2D eigenvalue weighted by atomic mass is 9.81. The lowest BCUT2D eigenvalue weighted by Gasteiger charge is -2.33. The largest absolute Gasteiger partial charge is 0.442 e. The number of hydroxylamine groups is 2. The first-order chi connectivity index (χ1) is 13.1. The number of hydrogen-bond acceptors (Lipinski definition) is 5. The number of ether oxygens (including phenoxy) is 1. The molecule has 1 aliphatic carbocycles. The van der Waals surface area contributed by atoms with E-state index in [4.69, 9.17) is 9.57 Å². The van der Waals surface area contributed by atoms with Crippen LogP contribution in [0, 0.1) is 12.8 Å². The van der Waals surface area contributed by atoms with Gasteiger partial charge in [-0.2, -0.15) is 9.37 Å². The molecule has 4 atom stereocenters. The predicted molar refractivity (Wildman–Crippen MR) is 103 cm³/mol. The molecule has 1 saturated carbocycles. The summed E-state index contributed by atoms with van der Waals surface area (Å²) in [5.74, 6) is -0.0125. The lowest BCUT2D eigenvalue weighted by molar-refractivity contribution is -0.158. The summed E-state index contributed by atoms with van der Waals surface area (Å²) >= 11 is 0. The predicted octanol–water partition coefficient (Wildman–Crippen LogP) is 3.09. The van der Waals surface area contributed by atoms with Gasteiger partial charge in [0.15, 0.2) is 0 Å². The first-order valence-corrected chi connectivity index (χ1v) is 11.3. The van der Waals surface area contributed by atoms with E-state index in [0.717, 1.165) is 24.8 Å². The highest BCUT2D eigenvalue weighted by atomic mass is 32.2. The van der Waals surface area contributed by atoms with E-state index in [1.165, 1.54) is 5.06 Å². The molecular formula is C20H28N2O5S. The molecule has 0 bridgehead atoms. The van der Waals surface area contributed by atoms with Gasteiger partial charge in [-0.05, 0) is 59.1 Å². The van der Waals surface area contributed by atoms with Gasteiger partial charge in [-0.25, -0.2) is 13.2 Å². The van der Waals surface area contributed by atoms with Crippen molar-refractivity contribution in [2.45, 2.75) is 75.6 Å². The van der Waals surface area contributed by atoms with Crippen molar-refractivity contribution >= 4 is 16.1 Å². The average Bonchev–Trinajstić information content (AvgIpc) is 3.17. The van der Waals surface area contributed by atoms with E-state index >= 15 is 0 Å². The lowest BCUT2D eigenvalue weighted by Crippen LogP contribution is -2.44. The number of carbonyl (C=O) groups is 1. The molecule has 154 valence electrons. The molecule has 0 radical (unpaired) electrons. The standard InChI is InChI=1S/C20H28N2O5S/c1-13-8-10-14(11-9-13)28(24,25)21-12-16-18-15(21)6-5-7-17(18)27-22(16)19(23)26-20(2,3)4/h8-11,15-18H,5-7,12H2,1-4H3/t15-,16-,17+,18+/m0/s1. The van der Waals surface area contributed by atoms with Gasteiger partial charge >= 0.3 is 6.09 Å². The maximum absolute atomic E-state index is 13.3. The quantitative estimate of drug-likeness (QED) is 0.752. The number of aryl methyl sites for hydroxylation is 1. The molecule has 7 nitrogen and oxygen atoms in total. The zero-order chi connectivity index (χ0) is 20.3. The van der Waals surface area contributed by atoms with E-state index in [-0.39, 0.29) is 30.7 Å². The third-order valence-corrected chi connectivity index (χ3v) is 7.70. The molecular weight excluding hydrogens is 380 g/mol. The van der Waals surface area contributed by atoms with Gasteiger partial charge in [-0.3, -0.25) is 4.84 Å². The smallest absolute Gasteiger partial charge is 0.434 e. The molecule has 4 rings (SSSR count). The molecule has 0 spiro atoms. The van der Waals surface area contributed by atoms with Crippen LogP contribution in [-0.2, 0) is 19.6 Å². The molecule has 0 unspecified atom stereocenters. The van der Waals surface area contributed by atoms with Gasteiger partial charge in [0.2, 0.25) is 10.0 Å². The number of carbonyl (C=O) groups excluding carboxylic acids is 1. The van der Waals surface area contributed by atoms with Crippen LogP contribution < -0.4 is 0 Å². The van der Waals surface area contributed by atoms with Gasteiger partial charge in [0.1, 0.15) is 5.60 Å². The monoisotopic (exact) mass is 408 g/mol. The van der Waals surface area contributed by atoms with Crippen molar-refractivity contribution in [3.05, 3.63) is 29.8 Å². The highest BCUT2D eigenvalue weighted by Crippen LogP contribution is 2.47. The van der Waals surface area contributed by atoms with Crippen molar-refractivity contribution in [1.29, 1.82) is 0 Å². The number of rotatable bonds is 2. The second-order valence-electron chi connectivity index (χ2n) is 8.98. The van der Waals surface area contributed by atoms with E-state index < -0.39 is 21.7 Å². The number of benzene rings is 1. The van der Waals surface area contributed by atoms with Crippen LogP contribution in [0.2, 0.25) is 0 Å². The minimum Gasteiger partial charge on any atom is -0.442 e. The molecule has 3 fully saturated rings. The van der Waals surface area contributed by atoms with E-state index in [1.54, 1.807) is 37.2 Å². The molecule has 28 heavy (non-hydrogen) atoms. The van der Waals surface area contributed by atoms with Crippen LogP contribution in [0.25, 0.3) is 0 Å². The Morgan fingerprint density at radius 2 is 1.82 bits per heavy atom. The Labute approximate surface area is 166 Å². The fraction of sp³-hybridized carbons (Fsp3) is 0.650. The molecule has 1 aromatic carbocycles. The summed E-state index contributed by atoms with van der Waals surface area (Å²) in [6.45, 7) is 7.58. The number of nitrogens with zero attached hydrogens (tertiary/aromatic N) is 2. The van der Waals surface area contributed by atoms with Crippen LogP contribution in [0.4, 0.5) is 4.79 Å². The van der Waals surface area contributed by atoms with Crippen LogP contribution in [-0.4, -0.2) is 54.2 Å². The van der Waals surface area contributed by atoms with Crippen molar-refractivity contribution in [1.82, 2.24) is 9.37 Å². The van der Waals surface area contributed by atoms with Crippen molar-refractivity contribution in [3.63, 3.8) is 0 Å². The Kier molecular flexibility index (Phi) is 4.71. The van der Waals surface area contributed by atoms with Crippen LogP contribution in [0.3, 0.4) is 0 Å². The van der Waals surface area contributed by atoms with Crippen LogP contribution >= 0.6 is 0 Å². The second-order valence-corrected chi connectivity index (χ2v) is 10.9. The minimum absolute atomic E-state index is 0.0125. The van der Waals surface area contributed by atoms with Gasteiger partial charge in [0.25, 0.3) is 0 Å². The second kappa shape index (κ2) is 6.71. The van der Waals surface area contributed by atoms with Gasteiger partial charge in [-0.15, -0.1) is 0 Å². The SMILES string of the molecule is Cc1ccc(S(=O)(=O)N2C[C@H]3[C@@H]4[C@@H](CCC[C@@H]42)ON3C(=O)OC(C)(C)C)cc1. The summed E-state index contributed by atoms with van der Waals surface area (Å²) in [7, 11) is -3.63. The molecule has 1 aromatic rings. The van der Waals surface area contributed by atoms with Crippen LogP contribution in [0.1, 0.15) is 45.6 Å². The summed E-state index contributed by atoms with van der Waals surface area (Å²) in [6.07, 6.45) is 1.80.